The maximum absolute atomic E-state index is 12.6. The summed E-state index contributed by atoms with van der Waals surface area (Å²) in [7, 11) is 1.63. The molecule has 1 aliphatic heterocycles. The molecule has 0 spiro atoms. The minimum absolute atomic E-state index is 0.0393. The van der Waals surface area contributed by atoms with E-state index in [0.717, 1.165) is 50.5 Å². The summed E-state index contributed by atoms with van der Waals surface area (Å²) in [5.74, 6) is 1.28. The van der Waals surface area contributed by atoms with Crippen LogP contribution >= 0.6 is 0 Å². The Hall–Kier alpha value is -1.59. The van der Waals surface area contributed by atoms with Crippen LogP contribution in [0.1, 0.15) is 42.6 Å². The van der Waals surface area contributed by atoms with E-state index in [1.165, 1.54) is 0 Å². The Bertz CT molecular complexity index is 552. The molecule has 1 amide bonds. The zero-order valence-corrected chi connectivity index (χ0v) is 16.0. The van der Waals surface area contributed by atoms with Gasteiger partial charge in [0.25, 0.3) is 5.91 Å². The average Bonchev–Trinajstić information content (AvgIpc) is 2.66. The molecule has 0 radical (unpaired) electrons. The molecule has 0 bridgehead atoms. The molecule has 1 N–H and O–H groups in total. The molecule has 1 saturated heterocycles. The van der Waals surface area contributed by atoms with Gasteiger partial charge < -0.3 is 14.8 Å². The maximum Gasteiger partial charge on any atom is 0.251 e. The van der Waals surface area contributed by atoms with E-state index in [1.807, 2.05) is 25.1 Å². The van der Waals surface area contributed by atoms with Gasteiger partial charge >= 0.3 is 0 Å². The van der Waals surface area contributed by atoms with Crippen molar-refractivity contribution in [2.24, 2.45) is 5.92 Å². The van der Waals surface area contributed by atoms with Gasteiger partial charge in [-0.05, 0) is 30.5 Å². The molecule has 1 aliphatic rings. The second-order valence-corrected chi connectivity index (χ2v) is 6.69. The van der Waals surface area contributed by atoms with Crippen molar-refractivity contribution in [1.82, 2.24) is 10.2 Å². The molecule has 0 saturated carbocycles. The van der Waals surface area contributed by atoms with Gasteiger partial charge in [0.1, 0.15) is 5.75 Å². The quantitative estimate of drug-likeness (QED) is 0.785. The van der Waals surface area contributed by atoms with Gasteiger partial charge in [0.15, 0.2) is 0 Å². The standard InChI is InChI=1S/C20H32N2O3/c1-5-16(6-2)18(22-9-11-25-12-10-22)14-21-20(23)17-8-7-15(3)19(13-17)24-4/h7-8,13,16,18H,5-6,9-12,14H2,1-4H3,(H,21,23). The summed E-state index contributed by atoms with van der Waals surface area (Å²) in [6.45, 7) is 10.5. The summed E-state index contributed by atoms with van der Waals surface area (Å²) >= 11 is 0. The average molecular weight is 348 g/mol. The molecule has 5 nitrogen and oxygen atoms in total. The lowest BCUT2D eigenvalue weighted by molar-refractivity contribution is 0.00191. The smallest absolute Gasteiger partial charge is 0.251 e. The normalized spacial score (nSPS) is 16.7. The second-order valence-electron chi connectivity index (χ2n) is 6.69. The van der Waals surface area contributed by atoms with Gasteiger partial charge in [-0.2, -0.15) is 0 Å². The lowest BCUT2D eigenvalue weighted by Gasteiger charge is -2.38. The Morgan fingerprint density at radius 3 is 2.56 bits per heavy atom. The predicted molar refractivity (Wildman–Crippen MR) is 100 cm³/mol. The van der Waals surface area contributed by atoms with Crippen LogP contribution in [-0.4, -0.2) is 56.8 Å². The first-order valence-corrected chi connectivity index (χ1v) is 9.35. The lowest BCUT2D eigenvalue weighted by atomic mass is 9.92. The third-order valence-electron chi connectivity index (χ3n) is 5.25. The molecule has 1 aromatic rings. The number of aryl methyl sites for hydroxylation is 1. The Kier molecular flexibility index (Phi) is 7.72. The number of methoxy groups -OCH3 is 1. The summed E-state index contributed by atoms with van der Waals surface area (Å²) in [5.41, 5.74) is 1.68. The topological polar surface area (TPSA) is 50.8 Å². The minimum atomic E-state index is -0.0393. The monoisotopic (exact) mass is 348 g/mol. The predicted octanol–water partition coefficient (Wildman–Crippen LogP) is 2.87. The van der Waals surface area contributed by atoms with Gasteiger partial charge in [0.05, 0.1) is 20.3 Å². The van der Waals surface area contributed by atoms with Crippen LogP contribution in [0.2, 0.25) is 0 Å². The highest BCUT2D eigenvalue weighted by molar-refractivity contribution is 5.94. The summed E-state index contributed by atoms with van der Waals surface area (Å²) < 4.78 is 10.8. The SMILES string of the molecule is CCC(CC)C(CNC(=O)c1ccc(C)c(OC)c1)N1CCOCC1. The highest BCUT2D eigenvalue weighted by Gasteiger charge is 2.27. The van der Waals surface area contributed by atoms with Crippen molar-refractivity contribution in [3.05, 3.63) is 29.3 Å². The van der Waals surface area contributed by atoms with Crippen LogP contribution in [0.25, 0.3) is 0 Å². The number of hydrogen-bond donors (Lipinski definition) is 1. The van der Waals surface area contributed by atoms with E-state index in [2.05, 4.69) is 24.1 Å². The van der Waals surface area contributed by atoms with Crippen LogP contribution in [-0.2, 0) is 4.74 Å². The van der Waals surface area contributed by atoms with Crippen molar-refractivity contribution in [2.45, 2.75) is 39.7 Å². The molecule has 1 unspecified atom stereocenters. The first kappa shape index (κ1) is 19.7. The van der Waals surface area contributed by atoms with Gasteiger partial charge in [0.2, 0.25) is 0 Å². The van der Waals surface area contributed by atoms with Crippen LogP contribution in [0, 0.1) is 12.8 Å². The number of carbonyl (C=O) groups excluding carboxylic acids is 1. The van der Waals surface area contributed by atoms with E-state index in [4.69, 9.17) is 9.47 Å². The van der Waals surface area contributed by atoms with Crippen molar-refractivity contribution in [2.75, 3.05) is 40.0 Å². The molecular weight excluding hydrogens is 316 g/mol. The molecule has 0 aromatic heterocycles. The molecule has 5 heteroatoms. The minimum Gasteiger partial charge on any atom is -0.496 e. The second kappa shape index (κ2) is 9.78. The molecule has 25 heavy (non-hydrogen) atoms. The number of carbonyl (C=O) groups is 1. The van der Waals surface area contributed by atoms with E-state index in [-0.39, 0.29) is 5.91 Å². The van der Waals surface area contributed by atoms with Gasteiger partial charge in [-0.3, -0.25) is 9.69 Å². The highest BCUT2D eigenvalue weighted by atomic mass is 16.5. The zero-order chi connectivity index (χ0) is 18.2. The summed E-state index contributed by atoms with van der Waals surface area (Å²) in [4.78, 5) is 15.1. The number of rotatable bonds is 8. The number of amides is 1. The van der Waals surface area contributed by atoms with E-state index < -0.39 is 0 Å². The molecule has 0 aliphatic carbocycles. The van der Waals surface area contributed by atoms with Crippen LogP contribution in [0.15, 0.2) is 18.2 Å². The number of ether oxygens (including phenoxy) is 2. The Morgan fingerprint density at radius 1 is 1.28 bits per heavy atom. The van der Waals surface area contributed by atoms with Crippen molar-refractivity contribution in [1.29, 1.82) is 0 Å². The van der Waals surface area contributed by atoms with Crippen LogP contribution in [0.4, 0.5) is 0 Å². The van der Waals surface area contributed by atoms with Gasteiger partial charge in [-0.1, -0.05) is 32.8 Å². The molecular formula is C20H32N2O3. The van der Waals surface area contributed by atoms with Crippen molar-refractivity contribution < 1.29 is 14.3 Å². The third-order valence-corrected chi connectivity index (χ3v) is 5.25. The molecule has 1 atom stereocenters. The fourth-order valence-corrected chi connectivity index (χ4v) is 3.60. The highest BCUT2D eigenvalue weighted by Crippen LogP contribution is 2.21. The number of hydrogen-bond acceptors (Lipinski definition) is 4. The van der Waals surface area contributed by atoms with E-state index >= 15 is 0 Å². The van der Waals surface area contributed by atoms with Gasteiger partial charge in [-0.15, -0.1) is 0 Å². The fourth-order valence-electron chi connectivity index (χ4n) is 3.60. The molecule has 2 rings (SSSR count). The van der Waals surface area contributed by atoms with E-state index in [9.17, 15) is 4.79 Å². The largest absolute Gasteiger partial charge is 0.496 e. The van der Waals surface area contributed by atoms with E-state index in [1.54, 1.807) is 7.11 Å². The fraction of sp³-hybridized carbons (Fsp3) is 0.650. The molecule has 140 valence electrons. The first-order valence-electron chi connectivity index (χ1n) is 9.35. The molecule has 1 aromatic carbocycles. The Morgan fingerprint density at radius 2 is 1.96 bits per heavy atom. The van der Waals surface area contributed by atoms with Gasteiger partial charge in [0, 0.05) is 31.2 Å². The number of nitrogens with one attached hydrogen (secondary N) is 1. The number of nitrogens with zero attached hydrogens (tertiary/aromatic N) is 1. The van der Waals surface area contributed by atoms with Crippen LogP contribution < -0.4 is 10.1 Å². The van der Waals surface area contributed by atoms with Crippen LogP contribution in [0.5, 0.6) is 5.75 Å². The Balaban J connectivity index is 2.04. The van der Waals surface area contributed by atoms with Crippen molar-refractivity contribution >= 4 is 5.91 Å². The van der Waals surface area contributed by atoms with Crippen molar-refractivity contribution in [3.63, 3.8) is 0 Å². The lowest BCUT2D eigenvalue weighted by Crippen LogP contribution is -2.52. The summed E-state index contributed by atoms with van der Waals surface area (Å²) in [6.07, 6.45) is 2.24. The zero-order valence-electron chi connectivity index (χ0n) is 16.0. The number of benzene rings is 1. The van der Waals surface area contributed by atoms with Crippen molar-refractivity contribution in [3.8, 4) is 5.75 Å². The van der Waals surface area contributed by atoms with E-state index in [0.29, 0.717) is 24.1 Å². The van der Waals surface area contributed by atoms with Gasteiger partial charge in [-0.25, -0.2) is 0 Å². The molecule has 1 heterocycles. The first-order chi connectivity index (χ1) is 12.1. The van der Waals surface area contributed by atoms with Crippen LogP contribution in [0.3, 0.4) is 0 Å². The number of morpholine rings is 1. The maximum atomic E-state index is 12.6. The summed E-state index contributed by atoms with van der Waals surface area (Å²) in [5, 5.41) is 3.14. The Labute approximate surface area is 151 Å². The summed E-state index contributed by atoms with van der Waals surface area (Å²) in [6, 6.07) is 5.95. The molecule has 1 fully saturated rings. The third kappa shape index (κ3) is 5.19.